The first-order valence-electron chi connectivity index (χ1n) is 5.52. The first-order valence-corrected chi connectivity index (χ1v) is 5.52. The van der Waals surface area contributed by atoms with Crippen LogP contribution in [0.1, 0.15) is 50.7 Å². The van der Waals surface area contributed by atoms with Crippen molar-refractivity contribution >= 4 is 5.78 Å². The Morgan fingerprint density at radius 1 is 1.53 bits per heavy atom. The van der Waals surface area contributed by atoms with Crippen LogP contribution in [0, 0.1) is 5.92 Å². The van der Waals surface area contributed by atoms with Crippen LogP contribution < -0.4 is 0 Å². The van der Waals surface area contributed by atoms with Gasteiger partial charge in [-0.25, -0.2) is 0 Å². The number of rotatable bonds is 4. The summed E-state index contributed by atoms with van der Waals surface area (Å²) >= 11 is 0. The highest BCUT2D eigenvalue weighted by molar-refractivity contribution is 5.81. The summed E-state index contributed by atoms with van der Waals surface area (Å²) in [6.45, 7) is 3.76. The predicted molar refractivity (Wildman–Crippen MR) is 54.4 cm³/mol. The molecule has 0 radical (unpaired) electrons. The SMILES string of the molecule is CC(C)C(=O)Cc1nc(C2CCC2)no1. The lowest BCUT2D eigenvalue weighted by Gasteiger charge is -2.20. The molecule has 0 aromatic carbocycles. The fourth-order valence-corrected chi connectivity index (χ4v) is 1.53. The third kappa shape index (κ3) is 2.25. The van der Waals surface area contributed by atoms with Crippen molar-refractivity contribution in [2.75, 3.05) is 0 Å². The molecule has 1 fully saturated rings. The second-order valence-electron chi connectivity index (χ2n) is 4.47. The number of ketones is 1. The second kappa shape index (κ2) is 4.13. The molecule has 0 N–H and O–H groups in total. The summed E-state index contributed by atoms with van der Waals surface area (Å²) in [6.07, 6.45) is 3.82. The molecule has 1 aromatic rings. The summed E-state index contributed by atoms with van der Waals surface area (Å²) in [6, 6.07) is 0. The van der Waals surface area contributed by atoms with Gasteiger partial charge in [-0.3, -0.25) is 4.79 Å². The van der Waals surface area contributed by atoms with Gasteiger partial charge < -0.3 is 4.52 Å². The summed E-state index contributed by atoms with van der Waals surface area (Å²) in [5.74, 6) is 1.91. The molecule has 1 aliphatic carbocycles. The molecule has 0 unspecified atom stereocenters. The van der Waals surface area contributed by atoms with Gasteiger partial charge in [0.2, 0.25) is 5.89 Å². The molecule has 1 aliphatic rings. The van der Waals surface area contributed by atoms with Gasteiger partial charge in [0.25, 0.3) is 0 Å². The predicted octanol–water partition coefficient (Wildman–Crippen LogP) is 2.10. The van der Waals surface area contributed by atoms with Crippen LogP contribution >= 0.6 is 0 Å². The summed E-state index contributed by atoms with van der Waals surface area (Å²) in [5.41, 5.74) is 0. The van der Waals surface area contributed by atoms with Crippen LogP contribution in [-0.4, -0.2) is 15.9 Å². The van der Waals surface area contributed by atoms with Gasteiger partial charge in [-0.15, -0.1) is 0 Å². The fraction of sp³-hybridized carbons (Fsp3) is 0.727. The van der Waals surface area contributed by atoms with Crippen LogP contribution in [-0.2, 0) is 11.2 Å². The minimum absolute atomic E-state index is 0.0315. The molecule has 0 aliphatic heterocycles. The molecule has 0 bridgehead atoms. The average Bonchev–Trinajstić information content (AvgIpc) is 2.49. The van der Waals surface area contributed by atoms with Crippen molar-refractivity contribution in [3.05, 3.63) is 11.7 Å². The van der Waals surface area contributed by atoms with E-state index in [-0.39, 0.29) is 18.1 Å². The van der Waals surface area contributed by atoms with Crippen molar-refractivity contribution in [3.8, 4) is 0 Å². The van der Waals surface area contributed by atoms with E-state index < -0.39 is 0 Å². The number of aromatic nitrogens is 2. The number of nitrogens with zero attached hydrogens (tertiary/aromatic N) is 2. The smallest absolute Gasteiger partial charge is 0.234 e. The van der Waals surface area contributed by atoms with Crippen LogP contribution in [0.5, 0.6) is 0 Å². The van der Waals surface area contributed by atoms with E-state index in [1.165, 1.54) is 6.42 Å². The van der Waals surface area contributed by atoms with Crippen molar-refractivity contribution < 1.29 is 9.32 Å². The Kier molecular flexibility index (Phi) is 2.84. The fourth-order valence-electron chi connectivity index (χ4n) is 1.53. The maximum Gasteiger partial charge on any atom is 0.234 e. The Labute approximate surface area is 89.1 Å². The second-order valence-corrected chi connectivity index (χ2v) is 4.47. The monoisotopic (exact) mass is 208 g/mol. The third-order valence-corrected chi connectivity index (χ3v) is 2.92. The highest BCUT2D eigenvalue weighted by Crippen LogP contribution is 2.34. The number of carbonyl (C=O) groups is 1. The molecule has 0 atom stereocenters. The van der Waals surface area contributed by atoms with Crippen molar-refractivity contribution in [1.82, 2.24) is 10.1 Å². The minimum Gasteiger partial charge on any atom is -0.339 e. The number of hydrogen-bond donors (Lipinski definition) is 0. The summed E-state index contributed by atoms with van der Waals surface area (Å²) in [5, 5.41) is 3.91. The molecule has 82 valence electrons. The Morgan fingerprint density at radius 3 is 2.80 bits per heavy atom. The third-order valence-electron chi connectivity index (χ3n) is 2.92. The van der Waals surface area contributed by atoms with Gasteiger partial charge in [-0.2, -0.15) is 4.98 Å². The molecule has 0 amide bonds. The normalized spacial score (nSPS) is 16.7. The van der Waals surface area contributed by atoms with Gasteiger partial charge in [0.15, 0.2) is 5.82 Å². The Bertz CT molecular complexity index is 353. The number of hydrogen-bond acceptors (Lipinski definition) is 4. The summed E-state index contributed by atoms with van der Waals surface area (Å²) < 4.78 is 5.06. The molecule has 2 rings (SSSR count). The van der Waals surface area contributed by atoms with E-state index in [0.717, 1.165) is 18.7 Å². The van der Waals surface area contributed by atoms with E-state index in [0.29, 0.717) is 11.8 Å². The van der Waals surface area contributed by atoms with Crippen molar-refractivity contribution in [2.45, 2.75) is 45.4 Å². The standard InChI is InChI=1S/C11H16N2O2/c1-7(2)9(14)6-10-12-11(13-15-10)8-4-3-5-8/h7-8H,3-6H2,1-2H3. The zero-order chi connectivity index (χ0) is 10.8. The average molecular weight is 208 g/mol. The molecule has 0 spiro atoms. The minimum atomic E-state index is 0.0315. The molecule has 15 heavy (non-hydrogen) atoms. The van der Waals surface area contributed by atoms with E-state index in [9.17, 15) is 4.79 Å². The summed E-state index contributed by atoms with van der Waals surface area (Å²) in [7, 11) is 0. The Morgan fingerprint density at radius 2 is 2.27 bits per heavy atom. The maximum atomic E-state index is 11.4. The van der Waals surface area contributed by atoms with Gasteiger partial charge in [0.05, 0.1) is 6.42 Å². The van der Waals surface area contributed by atoms with E-state index in [1.54, 1.807) is 0 Å². The Hall–Kier alpha value is -1.19. The first kappa shape index (κ1) is 10.3. The zero-order valence-corrected chi connectivity index (χ0v) is 9.19. The molecule has 1 saturated carbocycles. The van der Waals surface area contributed by atoms with Gasteiger partial charge in [0.1, 0.15) is 5.78 Å². The van der Waals surface area contributed by atoms with Crippen LogP contribution in [0.25, 0.3) is 0 Å². The largest absolute Gasteiger partial charge is 0.339 e. The van der Waals surface area contributed by atoms with Crippen molar-refractivity contribution in [3.63, 3.8) is 0 Å². The van der Waals surface area contributed by atoms with Crippen LogP contribution in [0.3, 0.4) is 0 Å². The highest BCUT2D eigenvalue weighted by Gasteiger charge is 2.25. The Balaban J connectivity index is 1.97. The van der Waals surface area contributed by atoms with Gasteiger partial charge in [0, 0.05) is 11.8 Å². The zero-order valence-electron chi connectivity index (χ0n) is 9.19. The van der Waals surface area contributed by atoms with Crippen LogP contribution in [0.15, 0.2) is 4.52 Å². The van der Waals surface area contributed by atoms with E-state index in [1.807, 2.05) is 13.8 Å². The lowest BCUT2D eigenvalue weighted by molar-refractivity contribution is -0.121. The first-order chi connectivity index (χ1) is 7.16. The van der Waals surface area contributed by atoms with Gasteiger partial charge in [-0.1, -0.05) is 25.4 Å². The van der Waals surface area contributed by atoms with Crippen molar-refractivity contribution in [1.29, 1.82) is 0 Å². The van der Waals surface area contributed by atoms with Crippen molar-refractivity contribution in [2.24, 2.45) is 5.92 Å². The molecule has 1 heterocycles. The number of Topliss-reactive ketones (excluding diaryl/α,β-unsaturated/α-hetero) is 1. The highest BCUT2D eigenvalue weighted by atomic mass is 16.5. The van der Waals surface area contributed by atoms with E-state index in [2.05, 4.69) is 10.1 Å². The van der Waals surface area contributed by atoms with Gasteiger partial charge in [-0.05, 0) is 12.8 Å². The molecule has 0 saturated heterocycles. The summed E-state index contributed by atoms with van der Waals surface area (Å²) in [4.78, 5) is 15.7. The van der Waals surface area contributed by atoms with Crippen LogP contribution in [0.2, 0.25) is 0 Å². The molecule has 1 aromatic heterocycles. The lowest BCUT2D eigenvalue weighted by atomic mass is 9.85. The molecule has 4 nitrogen and oxygen atoms in total. The van der Waals surface area contributed by atoms with Crippen LogP contribution in [0.4, 0.5) is 0 Å². The van der Waals surface area contributed by atoms with E-state index >= 15 is 0 Å². The topological polar surface area (TPSA) is 56.0 Å². The quantitative estimate of drug-likeness (QED) is 0.760. The van der Waals surface area contributed by atoms with Gasteiger partial charge >= 0.3 is 0 Å². The lowest BCUT2D eigenvalue weighted by Crippen LogP contribution is -2.12. The molecular formula is C11H16N2O2. The molecular weight excluding hydrogens is 192 g/mol. The maximum absolute atomic E-state index is 11.4. The number of carbonyl (C=O) groups excluding carboxylic acids is 1. The molecule has 4 heteroatoms. The van der Waals surface area contributed by atoms with E-state index in [4.69, 9.17) is 4.52 Å².